The van der Waals surface area contributed by atoms with E-state index in [1.165, 1.54) is 25.9 Å². The third-order valence-electron chi connectivity index (χ3n) is 6.37. The summed E-state index contributed by atoms with van der Waals surface area (Å²) in [4.78, 5) is 9.42. The molecule has 1 aromatic carbocycles. The number of likely N-dealkylation sites (tertiary alicyclic amines) is 1. The van der Waals surface area contributed by atoms with Gasteiger partial charge in [-0.25, -0.2) is 0 Å². The summed E-state index contributed by atoms with van der Waals surface area (Å²) in [7, 11) is 5.26. The summed E-state index contributed by atoms with van der Waals surface area (Å²) in [6.45, 7) is 8.85. The fourth-order valence-corrected chi connectivity index (χ4v) is 4.49. The molecule has 3 rings (SSSR count). The Morgan fingerprint density at radius 2 is 1.77 bits per heavy atom. The lowest BCUT2D eigenvalue weighted by molar-refractivity contribution is 0.183. The van der Waals surface area contributed by atoms with Gasteiger partial charge < -0.3 is 29.9 Å². The van der Waals surface area contributed by atoms with Gasteiger partial charge in [0.2, 0.25) is 0 Å². The van der Waals surface area contributed by atoms with Crippen LogP contribution in [-0.4, -0.2) is 77.4 Å². The molecule has 2 saturated heterocycles. The Morgan fingerprint density at radius 1 is 1.07 bits per heavy atom. The van der Waals surface area contributed by atoms with Crippen LogP contribution in [-0.2, 0) is 0 Å². The van der Waals surface area contributed by atoms with Gasteiger partial charge in [-0.2, -0.15) is 0 Å². The van der Waals surface area contributed by atoms with Crippen molar-refractivity contribution in [2.24, 2.45) is 10.9 Å². The first kappa shape index (κ1) is 22.5. The Balaban J connectivity index is 1.46. The van der Waals surface area contributed by atoms with E-state index in [2.05, 4.69) is 44.5 Å². The van der Waals surface area contributed by atoms with E-state index in [0.717, 1.165) is 62.2 Å². The number of rotatable bonds is 7. The fourth-order valence-electron chi connectivity index (χ4n) is 4.49. The van der Waals surface area contributed by atoms with Crippen LogP contribution in [0.5, 0.6) is 11.5 Å². The molecular weight excluding hydrogens is 378 g/mol. The molecule has 1 aromatic rings. The highest BCUT2D eigenvalue weighted by atomic mass is 16.5. The molecule has 2 aliphatic rings. The van der Waals surface area contributed by atoms with Crippen molar-refractivity contribution in [1.29, 1.82) is 0 Å². The van der Waals surface area contributed by atoms with Crippen LogP contribution in [0.15, 0.2) is 23.2 Å². The number of nitrogens with one attached hydrogen (secondary N) is 2. The Hall–Kier alpha value is -2.15. The summed E-state index contributed by atoms with van der Waals surface area (Å²) < 4.78 is 10.8. The van der Waals surface area contributed by atoms with Crippen molar-refractivity contribution in [2.45, 2.75) is 38.6 Å². The number of aliphatic imine (C=N–C) groups is 1. The van der Waals surface area contributed by atoms with Gasteiger partial charge in [0.1, 0.15) is 11.5 Å². The SMILES string of the molecule is CCN1CCCC(CNC(=NC)NC2CCN(c3cc(OC)cc(OC)c3)CC2)C1. The van der Waals surface area contributed by atoms with E-state index in [0.29, 0.717) is 12.0 Å². The molecule has 0 saturated carbocycles. The zero-order valence-electron chi connectivity index (χ0n) is 19.1. The van der Waals surface area contributed by atoms with E-state index in [-0.39, 0.29) is 0 Å². The number of methoxy groups -OCH3 is 2. The van der Waals surface area contributed by atoms with E-state index < -0.39 is 0 Å². The molecule has 0 aliphatic carbocycles. The zero-order chi connectivity index (χ0) is 21.3. The molecular formula is C23H39N5O2. The second-order valence-electron chi connectivity index (χ2n) is 8.33. The molecule has 0 amide bonds. The van der Waals surface area contributed by atoms with Crippen molar-refractivity contribution >= 4 is 11.6 Å². The van der Waals surface area contributed by atoms with Gasteiger partial charge in [-0.05, 0) is 44.7 Å². The Labute approximate surface area is 181 Å². The monoisotopic (exact) mass is 417 g/mol. The molecule has 2 N–H and O–H groups in total. The van der Waals surface area contributed by atoms with Crippen molar-refractivity contribution < 1.29 is 9.47 Å². The molecule has 0 radical (unpaired) electrons. The van der Waals surface area contributed by atoms with Crippen LogP contribution >= 0.6 is 0 Å². The molecule has 0 spiro atoms. The zero-order valence-corrected chi connectivity index (χ0v) is 19.1. The maximum atomic E-state index is 5.42. The highest BCUT2D eigenvalue weighted by molar-refractivity contribution is 5.80. The van der Waals surface area contributed by atoms with Gasteiger partial charge in [0.05, 0.1) is 14.2 Å². The summed E-state index contributed by atoms with van der Waals surface area (Å²) in [6, 6.07) is 6.53. The fraction of sp³-hybridized carbons (Fsp3) is 0.696. The van der Waals surface area contributed by atoms with Crippen molar-refractivity contribution in [3.8, 4) is 11.5 Å². The van der Waals surface area contributed by atoms with Gasteiger partial charge in [-0.3, -0.25) is 4.99 Å². The smallest absolute Gasteiger partial charge is 0.191 e. The first-order valence-electron chi connectivity index (χ1n) is 11.3. The van der Waals surface area contributed by atoms with Crippen LogP contribution in [0.3, 0.4) is 0 Å². The molecule has 7 nitrogen and oxygen atoms in total. The quantitative estimate of drug-likeness (QED) is 0.525. The van der Waals surface area contributed by atoms with E-state index >= 15 is 0 Å². The molecule has 2 heterocycles. The summed E-state index contributed by atoms with van der Waals surface area (Å²) in [5, 5.41) is 7.21. The first-order valence-corrected chi connectivity index (χ1v) is 11.3. The first-order chi connectivity index (χ1) is 14.6. The Morgan fingerprint density at radius 3 is 2.37 bits per heavy atom. The highest BCUT2D eigenvalue weighted by Gasteiger charge is 2.22. The molecule has 0 bridgehead atoms. The number of piperidine rings is 2. The summed E-state index contributed by atoms with van der Waals surface area (Å²) >= 11 is 0. The highest BCUT2D eigenvalue weighted by Crippen LogP contribution is 2.30. The molecule has 2 fully saturated rings. The number of nitrogens with zero attached hydrogens (tertiary/aromatic N) is 3. The van der Waals surface area contributed by atoms with Crippen LogP contribution < -0.4 is 25.0 Å². The van der Waals surface area contributed by atoms with Gasteiger partial charge in [0.15, 0.2) is 5.96 Å². The number of anilines is 1. The van der Waals surface area contributed by atoms with E-state index in [4.69, 9.17) is 9.47 Å². The number of benzene rings is 1. The number of ether oxygens (including phenoxy) is 2. The van der Waals surface area contributed by atoms with Gasteiger partial charge >= 0.3 is 0 Å². The lowest BCUT2D eigenvalue weighted by Gasteiger charge is -2.35. The molecule has 2 aliphatic heterocycles. The topological polar surface area (TPSA) is 61.4 Å². The van der Waals surface area contributed by atoms with Gasteiger partial charge in [-0.1, -0.05) is 6.92 Å². The maximum Gasteiger partial charge on any atom is 0.191 e. The van der Waals surface area contributed by atoms with Crippen molar-refractivity contribution in [3.63, 3.8) is 0 Å². The average Bonchev–Trinajstić information content (AvgIpc) is 2.81. The number of guanidine groups is 1. The molecule has 30 heavy (non-hydrogen) atoms. The minimum Gasteiger partial charge on any atom is -0.497 e. The summed E-state index contributed by atoms with van der Waals surface area (Å²) in [5.74, 6) is 3.31. The van der Waals surface area contributed by atoms with Crippen LogP contribution in [0, 0.1) is 5.92 Å². The van der Waals surface area contributed by atoms with Crippen molar-refractivity contribution in [3.05, 3.63) is 18.2 Å². The normalized spacial score (nSPS) is 21.4. The van der Waals surface area contributed by atoms with Gasteiger partial charge in [0, 0.05) is 63.2 Å². The minimum atomic E-state index is 0.443. The van der Waals surface area contributed by atoms with Crippen LogP contribution in [0.2, 0.25) is 0 Å². The van der Waals surface area contributed by atoms with E-state index in [1.54, 1.807) is 14.2 Å². The second-order valence-corrected chi connectivity index (χ2v) is 8.33. The van der Waals surface area contributed by atoms with Crippen molar-refractivity contribution in [1.82, 2.24) is 15.5 Å². The molecule has 0 aromatic heterocycles. The lowest BCUT2D eigenvalue weighted by Crippen LogP contribution is -2.50. The molecule has 1 unspecified atom stereocenters. The predicted octanol–water partition coefficient (Wildman–Crippen LogP) is 2.57. The largest absolute Gasteiger partial charge is 0.497 e. The summed E-state index contributed by atoms with van der Waals surface area (Å²) in [6.07, 6.45) is 4.77. The van der Waals surface area contributed by atoms with Crippen LogP contribution in [0.25, 0.3) is 0 Å². The predicted molar refractivity (Wildman–Crippen MR) is 124 cm³/mol. The average molecular weight is 418 g/mol. The maximum absolute atomic E-state index is 5.42. The molecule has 168 valence electrons. The van der Waals surface area contributed by atoms with Gasteiger partial charge in [0.25, 0.3) is 0 Å². The minimum absolute atomic E-state index is 0.443. The standard InChI is InChI=1S/C23H39N5O2/c1-5-27-10-6-7-18(17-27)16-25-23(24-2)26-19-8-11-28(12-9-19)20-13-21(29-3)15-22(14-20)30-4/h13-15,18-19H,5-12,16-17H2,1-4H3,(H2,24,25,26). The Kier molecular flexibility index (Phi) is 8.49. The van der Waals surface area contributed by atoms with E-state index in [1.807, 2.05) is 13.1 Å². The summed E-state index contributed by atoms with van der Waals surface area (Å²) in [5.41, 5.74) is 1.16. The van der Waals surface area contributed by atoms with Gasteiger partial charge in [-0.15, -0.1) is 0 Å². The van der Waals surface area contributed by atoms with E-state index in [9.17, 15) is 0 Å². The lowest BCUT2D eigenvalue weighted by atomic mass is 9.98. The number of hydrogen-bond acceptors (Lipinski definition) is 5. The number of hydrogen-bond donors (Lipinski definition) is 2. The molecule has 1 atom stereocenters. The van der Waals surface area contributed by atoms with Crippen LogP contribution in [0.4, 0.5) is 5.69 Å². The van der Waals surface area contributed by atoms with Crippen molar-refractivity contribution in [2.75, 3.05) is 65.4 Å². The van der Waals surface area contributed by atoms with Crippen LogP contribution in [0.1, 0.15) is 32.6 Å². The Bertz CT molecular complexity index is 666. The molecule has 7 heteroatoms. The second kappa shape index (κ2) is 11.3. The third kappa shape index (κ3) is 6.17. The third-order valence-corrected chi connectivity index (χ3v) is 6.37.